The van der Waals surface area contributed by atoms with E-state index in [1.165, 1.54) is 18.6 Å². The van der Waals surface area contributed by atoms with E-state index in [4.69, 9.17) is 0 Å². The maximum atomic E-state index is 13.3. The summed E-state index contributed by atoms with van der Waals surface area (Å²) >= 11 is 0. The van der Waals surface area contributed by atoms with Gasteiger partial charge in [-0.2, -0.15) is 0 Å². The summed E-state index contributed by atoms with van der Waals surface area (Å²) in [5.74, 6) is -0.698. The zero-order valence-electron chi connectivity index (χ0n) is 9.81. The summed E-state index contributed by atoms with van der Waals surface area (Å²) in [6.45, 7) is 2.73. The van der Waals surface area contributed by atoms with Crippen molar-refractivity contribution in [1.29, 1.82) is 0 Å². The van der Waals surface area contributed by atoms with Crippen molar-refractivity contribution in [3.63, 3.8) is 0 Å². The molecule has 1 aliphatic rings. The highest BCUT2D eigenvalue weighted by atomic mass is 19.1. The predicted octanol–water partition coefficient (Wildman–Crippen LogP) is 1.85. The Hall–Kier alpha value is -1.00. The van der Waals surface area contributed by atoms with Crippen molar-refractivity contribution >= 4 is 0 Å². The fourth-order valence-corrected chi connectivity index (χ4v) is 2.17. The summed E-state index contributed by atoms with van der Waals surface area (Å²) < 4.78 is 26.3. The minimum atomic E-state index is -0.374. The highest BCUT2D eigenvalue weighted by Crippen LogP contribution is 2.10. The first-order valence-corrected chi connectivity index (χ1v) is 6.14. The van der Waals surface area contributed by atoms with E-state index in [9.17, 15) is 8.78 Å². The molecule has 0 bridgehead atoms. The van der Waals surface area contributed by atoms with Crippen LogP contribution in [0.3, 0.4) is 0 Å². The lowest BCUT2D eigenvalue weighted by Crippen LogP contribution is -2.43. The molecule has 4 heteroatoms. The molecule has 0 radical (unpaired) electrons. The van der Waals surface area contributed by atoms with Crippen LogP contribution in [0.15, 0.2) is 18.2 Å². The van der Waals surface area contributed by atoms with E-state index in [-0.39, 0.29) is 11.6 Å². The average Bonchev–Trinajstić information content (AvgIpc) is 2.35. The maximum Gasteiger partial charge on any atom is 0.126 e. The van der Waals surface area contributed by atoms with Gasteiger partial charge in [0.05, 0.1) is 0 Å². The van der Waals surface area contributed by atoms with Crippen molar-refractivity contribution in [2.24, 2.45) is 0 Å². The minimum absolute atomic E-state index is 0.324. The lowest BCUT2D eigenvalue weighted by Gasteiger charge is -2.23. The molecule has 0 aliphatic carbocycles. The standard InChI is InChI=1S/C13H18F2N2/c14-11-3-4-13(15)10(8-11)5-7-17-12-2-1-6-16-9-12/h3-4,8,12,16-17H,1-2,5-7,9H2. The molecule has 1 saturated heterocycles. The SMILES string of the molecule is Fc1ccc(F)c(CCNC2CCCNC2)c1. The Morgan fingerprint density at radius 1 is 1.35 bits per heavy atom. The highest BCUT2D eigenvalue weighted by molar-refractivity contribution is 5.19. The molecule has 2 rings (SSSR count). The minimum Gasteiger partial charge on any atom is -0.315 e. The molecule has 1 aliphatic heterocycles. The monoisotopic (exact) mass is 240 g/mol. The Morgan fingerprint density at radius 3 is 3.00 bits per heavy atom. The zero-order valence-corrected chi connectivity index (χ0v) is 9.81. The van der Waals surface area contributed by atoms with E-state index < -0.39 is 0 Å². The number of piperidine rings is 1. The van der Waals surface area contributed by atoms with Gasteiger partial charge in [0.1, 0.15) is 11.6 Å². The van der Waals surface area contributed by atoms with Crippen molar-refractivity contribution < 1.29 is 8.78 Å². The van der Waals surface area contributed by atoms with Crippen LogP contribution in [-0.4, -0.2) is 25.7 Å². The average molecular weight is 240 g/mol. The van der Waals surface area contributed by atoms with E-state index >= 15 is 0 Å². The van der Waals surface area contributed by atoms with Crippen LogP contribution in [0, 0.1) is 11.6 Å². The number of nitrogens with one attached hydrogen (secondary N) is 2. The van der Waals surface area contributed by atoms with Gasteiger partial charge in [-0.15, -0.1) is 0 Å². The predicted molar refractivity (Wildman–Crippen MR) is 64.0 cm³/mol. The molecular weight excluding hydrogens is 222 g/mol. The van der Waals surface area contributed by atoms with Gasteiger partial charge in [-0.1, -0.05) is 0 Å². The second-order valence-electron chi connectivity index (χ2n) is 4.48. The second kappa shape index (κ2) is 6.07. The summed E-state index contributed by atoms with van der Waals surface area (Å²) in [7, 11) is 0. The fraction of sp³-hybridized carbons (Fsp3) is 0.538. The van der Waals surface area contributed by atoms with Gasteiger partial charge >= 0.3 is 0 Å². The Labute approximate surface area is 100 Å². The molecule has 1 atom stereocenters. The molecule has 0 amide bonds. The molecular formula is C13H18F2N2. The summed E-state index contributed by atoms with van der Waals surface area (Å²) in [5.41, 5.74) is 0.446. The van der Waals surface area contributed by atoms with Gasteiger partial charge in [0.25, 0.3) is 0 Å². The van der Waals surface area contributed by atoms with Gasteiger partial charge in [-0.3, -0.25) is 0 Å². The van der Waals surface area contributed by atoms with Gasteiger partial charge in [0.15, 0.2) is 0 Å². The van der Waals surface area contributed by atoms with Crippen LogP contribution in [0.25, 0.3) is 0 Å². The number of benzene rings is 1. The third kappa shape index (κ3) is 3.75. The van der Waals surface area contributed by atoms with E-state index in [0.29, 0.717) is 24.6 Å². The lowest BCUT2D eigenvalue weighted by atomic mass is 10.1. The summed E-state index contributed by atoms with van der Waals surface area (Å²) in [6, 6.07) is 4.07. The van der Waals surface area contributed by atoms with Crippen LogP contribution >= 0.6 is 0 Å². The van der Waals surface area contributed by atoms with Crippen molar-refractivity contribution in [2.45, 2.75) is 25.3 Å². The smallest absolute Gasteiger partial charge is 0.126 e. The normalized spacial score (nSPS) is 20.5. The number of halogens is 2. The molecule has 1 fully saturated rings. The third-order valence-corrected chi connectivity index (χ3v) is 3.13. The Morgan fingerprint density at radius 2 is 2.24 bits per heavy atom. The van der Waals surface area contributed by atoms with Crippen LogP contribution in [0.4, 0.5) is 8.78 Å². The van der Waals surface area contributed by atoms with Crippen molar-refractivity contribution in [1.82, 2.24) is 10.6 Å². The molecule has 1 unspecified atom stereocenters. The van der Waals surface area contributed by atoms with Crippen LogP contribution < -0.4 is 10.6 Å². The molecule has 17 heavy (non-hydrogen) atoms. The highest BCUT2D eigenvalue weighted by Gasteiger charge is 2.12. The first kappa shape index (κ1) is 12.5. The quantitative estimate of drug-likeness (QED) is 0.839. The molecule has 1 aromatic carbocycles. The van der Waals surface area contributed by atoms with Crippen molar-refractivity contribution in [3.8, 4) is 0 Å². The van der Waals surface area contributed by atoms with E-state index in [0.717, 1.165) is 25.6 Å². The molecule has 0 spiro atoms. The molecule has 1 heterocycles. The van der Waals surface area contributed by atoms with Crippen molar-refractivity contribution in [3.05, 3.63) is 35.4 Å². The number of rotatable bonds is 4. The van der Waals surface area contributed by atoms with E-state index in [2.05, 4.69) is 10.6 Å². The summed E-state index contributed by atoms with van der Waals surface area (Å²) in [4.78, 5) is 0. The van der Waals surface area contributed by atoms with Crippen LogP contribution in [-0.2, 0) is 6.42 Å². The first-order valence-electron chi connectivity index (χ1n) is 6.14. The van der Waals surface area contributed by atoms with Crippen LogP contribution in [0.1, 0.15) is 18.4 Å². The summed E-state index contributed by atoms with van der Waals surface area (Å²) in [6.07, 6.45) is 2.85. The van der Waals surface area contributed by atoms with E-state index in [1.807, 2.05) is 0 Å². The number of hydrogen-bond donors (Lipinski definition) is 2. The molecule has 0 saturated carbocycles. The van der Waals surface area contributed by atoms with Gasteiger partial charge in [-0.05, 0) is 56.1 Å². The third-order valence-electron chi connectivity index (χ3n) is 3.13. The van der Waals surface area contributed by atoms with Gasteiger partial charge in [0.2, 0.25) is 0 Å². The molecule has 2 nitrogen and oxygen atoms in total. The Kier molecular flexibility index (Phi) is 4.45. The van der Waals surface area contributed by atoms with Crippen molar-refractivity contribution in [2.75, 3.05) is 19.6 Å². The largest absolute Gasteiger partial charge is 0.315 e. The number of hydrogen-bond acceptors (Lipinski definition) is 2. The van der Waals surface area contributed by atoms with Gasteiger partial charge in [-0.25, -0.2) is 8.78 Å². The van der Waals surface area contributed by atoms with Gasteiger partial charge < -0.3 is 10.6 Å². The Bertz CT molecular complexity index is 362. The Balaban J connectivity index is 1.79. The van der Waals surface area contributed by atoms with Crippen LogP contribution in [0.5, 0.6) is 0 Å². The molecule has 2 N–H and O–H groups in total. The zero-order chi connectivity index (χ0) is 12.1. The maximum absolute atomic E-state index is 13.3. The van der Waals surface area contributed by atoms with Gasteiger partial charge in [0, 0.05) is 12.6 Å². The molecule has 94 valence electrons. The molecule has 0 aromatic heterocycles. The summed E-state index contributed by atoms with van der Waals surface area (Å²) in [5, 5.41) is 6.67. The molecule has 1 aromatic rings. The topological polar surface area (TPSA) is 24.1 Å². The first-order chi connectivity index (χ1) is 8.25. The second-order valence-corrected chi connectivity index (χ2v) is 4.48. The van der Waals surface area contributed by atoms with Crippen LogP contribution in [0.2, 0.25) is 0 Å². The fourth-order valence-electron chi connectivity index (χ4n) is 2.17. The van der Waals surface area contributed by atoms with E-state index in [1.54, 1.807) is 0 Å². The lowest BCUT2D eigenvalue weighted by molar-refractivity contribution is 0.391.